The Balaban J connectivity index is 1.02. The maximum Gasteiger partial charge on any atom is 0.258 e. The third-order valence-corrected chi connectivity index (χ3v) is 8.90. The van der Waals surface area contributed by atoms with E-state index < -0.39 is 6.10 Å². The summed E-state index contributed by atoms with van der Waals surface area (Å²) < 4.78 is 25.3. The van der Waals surface area contributed by atoms with Gasteiger partial charge in [-0.15, -0.1) is 0 Å². The molecular weight excluding hydrogens is 511 g/mol. The highest BCUT2D eigenvalue weighted by molar-refractivity contribution is 6.30. The van der Waals surface area contributed by atoms with Crippen LogP contribution >= 0.6 is 11.6 Å². The van der Waals surface area contributed by atoms with Crippen LogP contribution in [0.15, 0.2) is 36.4 Å². The highest BCUT2D eigenvalue weighted by Gasteiger charge is 2.68. The molecule has 7 nitrogen and oxygen atoms in total. The van der Waals surface area contributed by atoms with Crippen molar-refractivity contribution < 1.29 is 28.6 Å². The second kappa shape index (κ2) is 9.21. The summed E-state index contributed by atoms with van der Waals surface area (Å²) >= 11 is 6.24. The summed E-state index contributed by atoms with van der Waals surface area (Å²) in [6.45, 7) is 1.54. The molecule has 5 aliphatic rings. The van der Waals surface area contributed by atoms with Crippen LogP contribution in [0.5, 0.6) is 11.5 Å². The molecule has 2 atom stereocenters. The Kier molecular flexibility index (Phi) is 6.20. The Labute approximate surface area is 226 Å². The molecule has 4 fully saturated rings. The van der Waals surface area contributed by atoms with Gasteiger partial charge < -0.3 is 25.2 Å². The standard InChI is InChI=1S/C29H32ClFN2O5/c1-17-2-4-19(9-21(17)31)37-12-26(36)33-29-13-27(14-29,15-29)11-23(35)25-10-22(32-28(16-34)6-7-28)20-8-18(30)3-5-24(20)38-25/h2-5,8-9,22,25,32,34H,6-7,10-16H2,1H3,(H,33,36). The Bertz CT molecular complexity index is 1280. The van der Waals surface area contributed by atoms with E-state index in [1.165, 1.54) is 6.07 Å². The summed E-state index contributed by atoms with van der Waals surface area (Å²) in [6, 6.07) is 9.85. The van der Waals surface area contributed by atoms with Crippen molar-refractivity contribution in [3.8, 4) is 11.5 Å². The maximum atomic E-state index is 13.7. The molecule has 4 saturated carbocycles. The van der Waals surface area contributed by atoms with Crippen LogP contribution in [0.25, 0.3) is 0 Å². The molecule has 0 aromatic heterocycles. The number of aliphatic hydroxyl groups excluding tert-OH is 1. The van der Waals surface area contributed by atoms with E-state index in [1.807, 2.05) is 12.1 Å². The van der Waals surface area contributed by atoms with Crippen molar-refractivity contribution in [1.29, 1.82) is 0 Å². The number of carbonyl (C=O) groups excluding carboxylic acids is 2. The molecular formula is C29H32ClFN2O5. The number of halogens is 2. The number of hydrogen-bond acceptors (Lipinski definition) is 6. The zero-order chi connectivity index (χ0) is 26.7. The minimum atomic E-state index is -0.571. The van der Waals surface area contributed by atoms with E-state index in [2.05, 4.69) is 10.6 Å². The number of ketones is 1. The SMILES string of the molecule is Cc1ccc(OCC(=O)NC23CC(CC(=O)C4CC(NC5(CO)CC5)c5cc(Cl)ccc5O4)(C2)C3)cc1F. The van der Waals surface area contributed by atoms with Gasteiger partial charge in [-0.05, 0) is 74.3 Å². The van der Waals surface area contributed by atoms with Gasteiger partial charge in [-0.25, -0.2) is 4.39 Å². The smallest absolute Gasteiger partial charge is 0.258 e. The second-order valence-corrected chi connectivity index (χ2v) is 12.3. The van der Waals surface area contributed by atoms with E-state index in [4.69, 9.17) is 21.1 Å². The first-order valence-corrected chi connectivity index (χ1v) is 13.6. The minimum absolute atomic E-state index is 0.0583. The van der Waals surface area contributed by atoms with Gasteiger partial charge in [0.25, 0.3) is 5.91 Å². The minimum Gasteiger partial charge on any atom is -0.484 e. The van der Waals surface area contributed by atoms with Gasteiger partial charge in [0, 0.05) is 46.6 Å². The molecule has 2 aromatic carbocycles. The highest BCUT2D eigenvalue weighted by Crippen LogP contribution is 2.69. The molecule has 2 aromatic rings. The fraction of sp³-hybridized carbons (Fsp3) is 0.517. The van der Waals surface area contributed by atoms with Gasteiger partial charge in [0.05, 0.1) is 6.61 Å². The van der Waals surface area contributed by atoms with Crippen molar-refractivity contribution in [1.82, 2.24) is 10.6 Å². The van der Waals surface area contributed by atoms with E-state index in [1.54, 1.807) is 25.1 Å². The first-order chi connectivity index (χ1) is 18.1. The van der Waals surface area contributed by atoms with Crippen molar-refractivity contribution >= 4 is 23.3 Å². The number of rotatable bonds is 10. The van der Waals surface area contributed by atoms with Crippen LogP contribution in [0.1, 0.15) is 62.1 Å². The van der Waals surface area contributed by atoms with Crippen LogP contribution in [0.3, 0.4) is 0 Å². The van der Waals surface area contributed by atoms with Crippen LogP contribution in [0.4, 0.5) is 4.39 Å². The lowest BCUT2D eigenvalue weighted by molar-refractivity contribution is -0.175. The lowest BCUT2D eigenvalue weighted by Crippen LogP contribution is -2.75. The summed E-state index contributed by atoms with van der Waals surface area (Å²) in [5.41, 5.74) is 0.779. The third kappa shape index (κ3) is 4.78. The predicted octanol–water partition coefficient (Wildman–Crippen LogP) is 4.17. The van der Waals surface area contributed by atoms with Gasteiger partial charge >= 0.3 is 0 Å². The summed E-state index contributed by atoms with van der Waals surface area (Å²) in [7, 11) is 0. The molecule has 9 heteroatoms. The van der Waals surface area contributed by atoms with Gasteiger partial charge in [-0.2, -0.15) is 0 Å². The molecule has 0 saturated heterocycles. The zero-order valence-corrected chi connectivity index (χ0v) is 22.1. The summed E-state index contributed by atoms with van der Waals surface area (Å²) in [5, 5.41) is 17.0. The average Bonchev–Trinajstić information content (AvgIpc) is 3.62. The fourth-order valence-electron chi connectivity index (χ4n) is 6.59. The van der Waals surface area contributed by atoms with Crippen molar-refractivity contribution in [3.63, 3.8) is 0 Å². The molecule has 2 bridgehead atoms. The first kappa shape index (κ1) is 25.6. The largest absolute Gasteiger partial charge is 0.484 e. The molecule has 1 aliphatic heterocycles. The molecule has 3 N–H and O–H groups in total. The van der Waals surface area contributed by atoms with E-state index in [0.29, 0.717) is 34.9 Å². The summed E-state index contributed by atoms with van der Waals surface area (Å²) in [6.07, 6.45) is 4.40. The molecule has 38 heavy (non-hydrogen) atoms. The molecule has 1 heterocycles. The van der Waals surface area contributed by atoms with E-state index in [-0.39, 0.29) is 53.3 Å². The molecule has 7 rings (SSSR count). The number of aryl methyl sites for hydroxylation is 1. The van der Waals surface area contributed by atoms with Crippen molar-refractivity contribution in [3.05, 3.63) is 58.4 Å². The molecule has 4 aliphatic carbocycles. The lowest BCUT2D eigenvalue weighted by Gasteiger charge is -2.70. The van der Waals surface area contributed by atoms with Gasteiger partial charge in [0.15, 0.2) is 18.5 Å². The number of amides is 1. The van der Waals surface area contributed by atoms with Gasteiger partial charge in [-0.3, -0.25) is 9.59 Å². The Morgan fingerprint density at radius 2 is 1.95 bits per heavy atom. The van der Waals surface area contributed by atoms with E-state index >= 15 is 0 Å². The zero-order valence-electron chi connectivity index (χ0n) is 21.3. The van der Waals surface area contributed by atoms with E-state index in [0.717, 1.165) is 37.7 Å². The quantitative estimate of drug-likeness (QED) is 0.417. The van der Waals surface area contributed by atoms with Crippen molar-refractivity contribution in [2.75, 3.05) is 13.2 Å². The molecule has 0 radical (unpaired) electrons. The Morgan fingerprint density at radius 1 is 1.18 bits per heavy atom. The second-order valence-electron chi connectivity index (χ2n) is 11.9. The Hall–Kier alpha value is -2.68. The number of aliphatic hydroxyl groups is 1. The predicted molar refractivity (Wildman–Crippen MR) is 139 cm³/mol. The van der Waals surface area contributed by atoms with Crippen LogP contribution in [-0.4, -0.2) is 47.2 Å². The normalized spacial score (nSPS) is 29.7. The lowest BCUT2D eigenvalue weighted by atomic mass is 9.38. The van der Waals surface area contributed by atoms with Gasteiger partial charge in [-0.1, -0.05) is 17.7 Å². The van der Waals surface area contributed by atoms with Crippen LogP contribution in [0.2, 0.25) is 5.02 Å². The van der Waals surface area contributed by atoms with Gasteiger partial charge in [0.2, 0.25) is 0 Å². The number of Topliss-reactive ketones (excluding diaryl/α,β-unsaturated/α-hetero) is 1. The van der Waals surface area contributed by atoms with Crippen LogP contribution in [0, 0.1) is 18.2 Å². The van der Waals surface area contributed by atoms with Crippen molar-refractivity contribution in [2.24, 2.45) is 5.41 Å². The van der Waals surface area contributed by atoms with E-state index in [9.17, 15) is 19.1 Å². The number of hydrogen-bond donors (Lipinski definition) is 3. The van der Waals surface area contributed by atoms with Crippen molar-refractivity contribution in [2.45, 2.75) is 75.1 Å². The molecule has 0 spiro atoms. The number of benzene rings is 2. The molecule has 2 unspecified atom stereocenters. The maximum absolute atomic E-state index is 13.7. The fourth-order valence-corrected chi connectivity index (χ4v) is 6.77. The van der Waals surface area contributed by atoms with Crippen LogP contribution in [-0.2, 0) is 9.59 Å². The topological polar surface area (TPSA) is 96.9 Å². The van der Waals surface area contributed by atoms with Gasteiger partial charge in [0.1, 0.15) is 17.3 Å². The monoisotopic (exact) mass is 542 g/mol. The van der Waals surface area contributed by atoms with Crippen LogP contribution < -0.4 is 20.1 Å². The number of carbonyl (C=O) groups is 2. The summed E-state index contributed by atoms with van der Waals surface area (Å²) in [5.74, 6) is 0.420. The first-order valence-electron chi connectivity index (χ1n) is 13.2. The number of fused-ring (bicyclic) bond motifs is 1. The molecule has 202 valence electrons. The molecule has 1 amide bonds. The average molecular weight is 543 g/mol. The number of ether oxygens (including phenoxy) is 2. The summed E-state index contributed by atoms with van der Waals surface area (Å²) in [4.78, 5) is 25.8. The highest BCUT2D eigenvalue weighted by atomic mass is 35.5. The number of nitrogens with one attached hydrogen (secondary N) is 2. The third-order valence-electron chi connectivity index (χ3n) is 8.67. The Morgan fingerprint density at radius 3 is 2.63 bits per heavy atom.